The second-order valence-corrected chi connectivity index (χ2v) is 4.77. The highest BCUT2D eigenvalue weighted by molar-refractivity contribution is 5.98. The average Bonchev–Trinajstić information content (AvgIpc) is 2.34. The molecule has 0 saturated heterocycles. The summed E-state index contributed by atoms with van der Waals surface area (Å²) in [4.78, 5) is 13.4. The summed E-state index contributed by atoms with van der Waals surface area (Å²) in [5, 5.41) is 9.73. The van der Waals surface area contributed by atoms with E-state index < -0.39 is 5.60 Å². The molecule has 4 nitrogen and oxygen atoms in total. The number of carbonyl (C=O) groups excluding carboxylic acids is 1. The summed E-state index contributed by atoms with van der Waals surface area (Å²) in [6.07, 6.45) is 0.821. The highest BCUT2D eigenvalue weighted by atomic mass is 16.5. The van der Waals surface area contributed by atoms with Crippen molar-refractivity contribution in [1.29, 1.82) is 0 Å². The Balaban J connectivity index is 3.07. The topological polar surface area (TPSA) is 49.8 Å². The molecule has 0 heterocycles. The summed E-state index contributed by atoms with van der Waals surface area (Å²) < 4.78 is 5.25. The van der Waals surface area contributed by atoms with E-state index in [-0.39, 0.29) is 5.91 Å². The lowest BCUT2D eigenvalue weighted by atomic mass is 10.1. The molecule has 0 aliphatic rings. The summed E-state index contributed by atoms with van der Waals surface area (Å²) in [6, 6.07) is 5.55. The van der Waals surface area contributed by atoms with E-state index in [2.05, 4.69) is 0 Å². The number of aliphatic hydroxyl groups is 1. The molecule has 0 atom stereocenters. The summed E-state index contributed by atoms with van der Waals surface area (Å²) in [6.45, 7) is 4.99. The maximum atomic E-state index is 12.0. The van der Waals surface area contributed by atoms with E-state index in [0.717, 1.165) is 23.4 Å². The zero-order valence-electron chi connectivity index (χ0n) is 11.7. The lowest BCUT2D eigenvalue weighted by molar-refractivity contribution is -0.133. The fraction of sp³-hybridized carbons (Fsp3) is 0.500. The number of hydrogen-bond acceptors (Lipinski definition) is 3. The molecule has 1 amide bonds. The molecule has 0 saturated carbocycles. The van der Waals surface area contributed by atoms with Crippen LogP contribution >= 0.6 is 0 Å². The van der Waals surface area contributed by atoms with Crippen molar-refractivity contribution in [1.82, 2.24) is 0 Å². The van der Waals surface area contributed by atoms with Crippen molar-refractivity contribution in [2.75, 3.05) is 19.1 Å². The highest BCUT2D eigenvalue weighted by Crippen LogP contribution is 2.26. The van der Waals surface area contributed by atoms with Crippen molar-refractivity contribution < 1.29 is 14.6 Å². The molecular formula is C14H21NO3. The number of rotatable bonds is 4. The molecule has 0 aromatic heterocycles. The quantitative estimate of drug-likeness (QED) is 0.890. The first-order valence-electron chi connectivity index (χ1n) is 5.98. The molecule has 1 rings (SSSR count). The Morgan fingerprint density at radius 3 is 2.50 bits per heavy atom. The molecular weight excluding hydrogens is 230 g/mol. The van der Waals surface area contributed by atoms with E-state index in [1.807, 2.05) is 25.1 Å². The van der Waals surface area contributed by atoms with Gasteiger partial charge in [0, 0.05) is 12.7 Å². The third-order valence-electron chi connectivity index (χ3n) is 2.86. The molecule has 0 aliphatic heterocycles. The van der Waals surface area contributed by atoms with Crippen molar-refractivity contribution in [2.45, 2.75) is 32.8 Å². The van der Waals surface area contributed by atoms with Gasteiger partial charge in [-0.05, 0) is 44.0 Å². The molecule has 0 aliphatic carbocycles. The third-order valence-corrected chi connectivity index (χ3v) is 2.86. The predicted octanol–water partition coefficient (Wildman–Crippen LogP) is 1.99. The zero-order valence-corrected chi connectivity index (χ0v) is 11.7. The molecule has 4 heteroatoms. The van der Waals surface area contributed by atoms with E-state index in [1.165, 1.54) is 18.7 Å². The molecule has 0 radical (unpaired) electrons. The number of ether oxygens (including phenoxy) is 1. The van der Waals surface area contributed by atoms with Crippen molar-refractivity contribution >= 4 is 11.6 Å². The van der Waals surface area contributed by atoms with E-state index in [1.54, 1.807) is 14.2 Å². The zero-order chi connectivity index (χ0) is 13.9. The van der Waals surface area contributed by atoms with E-state index in [9.17, 15) is 9.90 Å². The number of carbonyl (C=O) groups is 1. The Kier molecular flexibility index (Phi) is 4.35. The lowest BCUT2D eigenvalue weighted by Crippen LogP contribution is -2.43. The third kappa shape index (κ3) is 3.01. The Morgan fingerprint density at radius 2 is 2.06 bits per heavy atom. The van der Waals surface area contributed by atoms with Gasteiger partial charge in [0.25, 0.3) is 5.91 Å². The van der Waals surface area contributed by atoms with Crippen LogP contribution in [-0.4, -0.2) is 30.8 Å². The second-order valence-electron chi connectivity index (χ2n) is 4.77. The maximum absolute atomic E-state index is 12.0. The number of likely N-dealkylation sites (N-methyl/N-ethyl adjacent to an activating group) is 1. The van der Waals surface area contributed by atoms with Crippen LogP contribution in [0.1, 0.15) is 26.3 Å². The number of aryl methyl sites for hydroxylation is 1. The molecule has 0 bridgehead atoms. The summed E-state index contributed by atoms with van der Waals surface area (Å²) in [5.74, 6) is 0.472. The van der Waals surface area contributed by atoms with Gasteiger partial charge in [-0.25, -0.2) is 0 Å². The largest absolute Gasteiger partial charge is 0.496 e. The van der Waals surface area contributed by atoms with Gasteiger partial charge < -0.3 is 14.7 Å². The van der Waals surface area contributed by atoms with Crippen molar-refractivity contribution in [3.63, 3.8) is 0 Å². The van der Waals surface area contributed by atoms with Crippen LogP contribution in [0.2, 0.25) is 0 Å². The Hall–Kier alpha value is -1.55. The number of anilines is 1. The normalized spacial score (nSPS) is 11.2. The van der Waals surface area contributed by atoms with Crippen LogP contribution in [0, 0.1) is 0 Å². The lowest BCUT2D eigenvalue weighted by Gasteiger charge is -2.25. The predicted molar refractivity (Wildman–Crippen MR) is 72.1 cm³/mol. The SMILES string of the molecule is CCc1cc(N(C)C(=O)C(C)(C)O)ccc1OC. The van der Waals surface area contributed by atoms with Gasteiger partial charge in [0.1, 0.15) is 11.4 Å². The first-order chi connectivity index (χ1) is 8.31. The van der Waals surface area contributed by atoms with Crippen molar-refractivity contribution in [3.05, 3.63) is 23.8 Å². The Bertz CT molecular complexity index is 435. The standard InChI is InChI=1S/C14H21NO3/c1-6-10-9-11(7-8-12(10)18-5)15(4)13(16)14(2,3)17/h7-9,17H,6H2,1-5H3. The van der Waals surface area contributed by atoms with Gasteiger partial charge in [-0.1, -0.05) is 6.92 Å². The smallest absolute Gasteiger partial charge is 0.258 e. The minimum atomic E-state index is -1.37. The van der Waals surface area contributed by atoms with Crippen LogP contribution in [0.5, 0.6) is 5.75 Å². The van der Waals surface area contributed by atoms with Crippen LogP contribution in [0.3, 0.4) is 0 Å². The Morgan fingerprint density at radius 1 is 1.44 bits per heavy atom. The summed E-state index contributed by atoms with van der Waals surface area (Å²) >= 11 is 0. The van der Waals surface area contributed by atoms with E-state index >= 15 is 0 Å². The maximum Gasteiger partial charge on any atom is 0.258 e. The van der Waals surface area contributed by atoms with E-state index in [4.69, 9.17) is 4.74 Å². The summed E-state index contributed by atoms with van der Waals surface area (Å²) in [7, 11) is 3.28. The minimum Gasteiger partial charge on any atom is -0.496 e. The van der Waals surface area contributed by atoms with Gasteiger partial charge in [0.15, 0.2) is 0 Å². The van der Waals surface area contributed by atoms with Gasteiger partial charge in [0.2, 0.25) is 0 Å². The monoisotopic (exact) mass is 251 g/mol. The van der Waals surface area contributed by atoms with Crippen LogP contribution in [-0.2, 0) is 11.2 Å². The summed E-state index contributed by atoms with van der Waals surface area (Å²) in [5.41, 5.74) is 0.409. The van der Waals surface area contributed by atoms with Gasteiger partial charge in [-0.2, -0.15) is 0 Å². The molecule has 1 aromatic carbocycles. The number of hydrogen-bond donors (Lipinski definition) is 1. The Labute approximate surface area is 108 Å². The molecule has 100 valence electrons. The van der Waals surface area contributed by atoms with Gasteiger partial charge >= 0.3 is 0 Å². The van der Waals surface area contributed by atoms with Crippen LogP contribution in [0.25, 0.3) is 0 Å². The minimum absolute atomic E-state index is 0.338. The van der Waals surface area contributed by atoms with Gasteiger partial charge in [-0.3, -0.25) is 4.79 Å². The molecule has 18 heavy (non-hydrogen) atoms. The van der Waals surface area contributed by atoms with Crippen molar-refractivity contribution in [3.8, 4) is 5.75 Å². The molecule has 1 aromatic rings. The van der Waals surface area contributed by atoms with Crippen LogP contribution in [0.15, 0.2) is 18.2 Å². The molecule has 1 N–H and O–H groups in total. The molecule has 0 fully saturated rings. The highest BCUT2D eigenvalue weighted by Gasteiger charge is 2.28. The first kappa shape index (κ1) is 14.5. The first-order valence-corrected chi connectivity index (χ1v) is 5.98. The molecule has 0 unspecified atom stereocenters. The average molecular weight is 251 g/mol. The number of amides is 1. The number of benzene rings is 1. The van der Waals surface area contributed by atoms with Crippen LogP contribution in [0.4, 0.5) is 5.69 Å². The van der Waals surface area contributed by atoms with E-state index in [0.29, 0.717) is 0 Å². The van der Waals surface area contributed by atoms with Gasteiger partial charge in [-0.15, -0.1) is 0 Å². The second kappa shape index (κ2) is 5.40. The molecule has 0 spiro atoms. The van der Waals surface area contributed by atoms with Crippen LogP contribution < -0.4 is 9.64 Å². The fourth-order valence-corrected chi connectivity index (χ4v) is 1.78. The number of nitrogens with zero attached hydrogens (tertiary/aromatic N) is 1. The number of methoxy groups -OCH3 is 1. The fourth-order valence-electron chi connectivity index (χ4n) is 1.78. The van der Waals surface area contributed by atoms with Gasteiger partial charge in [0.05, 0.1) is 7.11 Å². The van der Waals surface area contributed by atoms with Crippen molar-refractivity contribution in [2.24, 2.45) is 0 Å².